The van der Waals surface area contributed by atoms with Gasteiger partial charge in [-0.3, -0.25) is 9.59 Å². The van der Waals surface area contributed by atoms with Crippen LogP contribution in [0.4, 0.5) is 0 Å². The van der Waals surface area contributed by atoms with Gasteiger partial charge < -0.3 is 5.32 Å². The topological polar surface area (TPSA) is 64.0 Å². The monoisotopic (exact) mass is 315 g/mol. The van der Waals surface area contributed by atoms with Gasteiger partial charge in [0.15, 0.2) is 0 Å². The Labute approximate surface area is 136 Å². The summed E-state index contributed by atoms with van der Waals surface area (Å²) in [5.41, 5.74) is 1.08. The van der Waals surface area contributed by atoms with E-state index < -0.39 is 0 Å². The van der Waals surface area contributed by atoms with Gasteiger partial charge in [-0.15, -0.1) is 0 Å². The molecule has 3 saturated carbocycles. The zero-order chi connectivity index (χ0) is 15.8. The van der Waals surface area contributed by atoms with Gasteiger partial charge in [0, 0.05) is 23.9 Å². The van der Waals surface area contributed by atoms with E-state index in [0.717, 1.165) is 44.2 Å². The fourth-order valence-electron chi connectivity index (χ4n) is 3.75. The maximum absolute atomic E-state index is 12.1. The van der Waals surface area contributed by atoms with Crippen molar-refractivity contribution in [3.63, 3.8) is 0 Å². The molecule has 0 unspecified atom stereocenters. The minimum atomic E-state index is 0.0105. The number of carbonyl (C=O) groups excluding carboxylic acids is 1. The largest absolute Gasteiger partial charge is 0.353 e. The fraction of sp³-hybridized carbons (Fsp3) is 0.722. The van der Waals surface area contributed by atoms with Crippen LogP contribution in [0.25, 0.3) is 0 Å². The molecule has 1 amide bonds. The van der Waals surface area contributed by atoms with Crippen LogP contribution in [0.2, 0.25) is 0 Å². The Morgan fingerprint density at radius 1 is 1.04 bits per heavy atom. The summed E-state index contributed by atoms with van der Waals surface area (Å²) in [6.07, 6.45) is 9.44. The van der Waals surface area contributed by atoms with Crippen LogP contribution in [0.5, 0.6) is 0 Å². The molecule has 1 N–H and O–H groups in total. The van der Waals surface area contributed by atoms with Crippen LogP contribution in [0.3, 0.4) is 0 Å². The molecule has 0 radical (unpaired) electrons. The van der Waals surface area contributed by atoms with E-state index in [1.54, 1.807) is 10.7 Å². The van der Waals surface area contributed by atoms with Gasteiger partial charge >= 0.3 is 0 Å². The summed E-state index contributed by atoms with van der Waals surface area (Å²) in [5, 5.41) is 7.81. The molecular formula is C18H25N3O2. The zero-order valence-corrected chi connectivity index (χ0v) is 13.5. The van der Waals surface area contributed by atoms with E-state index in [9.17, 15) is 9.59 Å². The average Bonchev–Trinajstić information content (AvgIpc) is 3.31. The lowest BCUT2D eigenvalue weighted by Gasteiger charge is -2.32. The molecule has 124 valence electrons. The molecular weight excluding hydrogens is 290 g/mol. The SMILES string of the molecule is O=C(NC1CCC(n2nc(C3CC3)ccc2=O)CC1)C1CCC1. The average molecular weight is 315 g/mol. The molecule has 1 aromatic heterocycles. The van der Waals surface area contributed by atoms with E-state index in [0.29, 0.717) is 5.92 Å². The molecule has 5 heteroatoms. The first-order valence-electron chi connectivity index (χ1n) is 9.11. The summed E-state index contributed by atoms with van der Waals surface area (Å²) < 4.78 is 1.71. The van der Waals surface area contributed by atoms with E-state index in [4.69, 9.17) is 0 Å². The van der Waals surface area contributed by atoms with Crippen molar-refractivity contribution in [1.29, 1.82) is 0 Å². The van der Waals surface area contributed by atoms with Crippen molar-refractivity contribution < 1.29 is 4.79 Å². The molecule has 3 fully saturated rings. The number of carbonyl (C=O) groups is 1. The molecule has 3 aliphatic carbocycles. The van der Waals surface area contributed by atoms with Gasteiger partial charge in [0.2, 0.25) is 5.91 Å². The number of hydrogen-bond donors (Lipinski definition) is 1. The van der Waals surface area contributed by atoms with Crippen LogP contribution in [-0.4, -0.2) is 21.7 Å². The fourth-order valence-corrected chi connectivity index (χ4v) is 3.75. The van der Waals surface area contributed by atoms with Gasteiger partial charge in [-0.1, -0.05) is 6.42 Å². The quantitative estimate of drug-likeness (QED) is 0.928. The highest BCUT2D eigenvalue weighted by molar-refractivity contribution is 5.79. The van der Waals surface area contributed by atoms with Crippen LogP contribution >= 0.6 is 0 Å². The Morgan fingerprint density at radius 2 is 1.78 bits per heavy atom. The van der Waals surface area contributed by atoms with Gasteiger partial charge in [-0.25, -0.2) is 4.68 Å². The Bertz CT molecular complexity index is 638. The highest BCUT2D eigenvalue weighted by atomic mass is 16.2. The maximum atomic E-state index is 12.1. The Hall–Kier alpha value is -1.65. The van der Waals surface area contributed by atoms with Crippen LogP contribution < -0.4 is 10.9 Å². The number of amides is 1. The molecule has 0 bridgehead atoms. The minimum Gasteiger partial charge on any atom is -0.353 e. The van der Waals surface area contributed by atoms with Crippen molar-refractivity contribution in [3.8, 4) is 0 Å². The smallest absolute Gasteiger partial charge is 0.267 e. The van der Waals surface area contributed by atoms with Gasteiger partial charge in [0.25, 0.3) is 5.56 Å². The lowest BCUT2D eigenvalue weighted by atomic mass is 9.84. The normalized spacial score (nSPS) is 28.2. The minimum absolute atomic E-state index is 0.0105. The molecule has 0 saturated heterocycles. The summed E-state index contributed by atoms with van der Waals surface area (Å²) in [6.45, 7) is 0. The van der Waals surface area contributed by atoms with Crippen molar-refractivity contribution in [2.75, 3.05) is 0 Å². The van der Waals surface area contributed by atoms with Crippen LogP contribution in [0.1, 0.15) is 75.4 Å². The van der Waals surface area contributed by atoms with E-state index in [1.807, 2.05) is 6.07 Å². The molecule has 23 heavy (non-hydrogen) atoms. The first kappa shape index (κ1) is 14.9. The Morgan fingerprint density at radius 3 is 2.39 bits per heavy atom. The second-order valence-electron chi connectivity index (χ2n) is 7.46. The molecule has 1 heterocycles. The Kier molecular flexibility index (Phi) is 3.95. The number of nitrogens with zero attached hydrogens (tertiary/aromatic N) is 2. The van der Waals surface area contributed by atoms with Crippen LogP contribution in [0.15, 0.2) is 16.9 Å². The van der Waals surface area contributed by atoms with E-state index in [2.05, 4.69) is 10.4 Å². The summed E-state index contributed by atoms with van der Waals surface area (Å²) in [6, 6.07) is 4.03. The third-order valence-corrected chi connectivity index (χ3v) is 5.71. The zero-order valence-electron chi connectivity index (χ0n) is 13.5. The van der Waals surface area contributed by atoms with Crippen molar-refractivity contribution in [2.24, 2.45) is 5.92 Å². The van der Waals surface area contributed by atoms with Gasteiger partial charge in [0.05, 0.1) is 11.7 Å². The molecule has 0 aromatic carbocycles. The summed E-state index contributed by atoms with van der Waals surface area (Å²) in [7, 11) is 0. The van der Waals surface area contributed by atoms with Crippen molar-refractivity contribution in [2.45, 2.75) is 75.8 Å². The van der Waals surface area contributed by atoms with E-state index in [-0.39, 0.29) is 29.5 Å². The van der Waals surface area contributed by atoms with Gasteiger partial charge in [0.1, 0.15) is 0 Å². The van der Waals surface area contributed by atoms with Gasteiger partial charge in [-0.2, -0.15) is 5.10 Å². The maximum Gasteiger partial charge on any atom is 0.267 e. The Balaban J connectivity index is 1.36. The second-order valence-corrected chi connectivity index (χ2v) is 7.46. The molecule has 0 atom stereocenters. The third-order valence-electron chi connectivity index (χ3n) is 5.71. The van der Waals surface area contributed by atoms with Gasteiger partial charge in [-0.05, 0) is 57.4 Å². The molecule has 4 rings (SSSR count). The summed E-state index contributed by atoms with van der Waals surface area (Å²) >= 11 is 0. The van der Waals surface area contributed by atoms with E-state index in [1.165, 1.54) is 19.3 Å². The summed E-state index contributed by atoms with van der Waals surface area (Å²) in [4.78, 5) is 24.2. The van der Waals surface area contributed by atoms with Crippen LogP contribution in [-0.2, 0) is 4.79 Å². The highest BCUT2D eigenvalue weighted by Gasteiger charge is 2.30. The molecule has 3 aliphatic rings. The standard InChI is InChI=1S/C18H25N3O2/c22-17-11-10-16(12-4-5-12)20-21(17)15-8-6-14(7-9-15)19-18(23)13-2-1-3-13/h10-15H,1-9H2,(H,19,23). The molecule has 5 nitrogen and oxygen atoms in total. The molecule has 1 aromatic rings. The molecule has 0 aliphatic heterocycles. The number of nitrogens with one attached hydrogen (secondary N) is 1. The summed E-state index contributed by atoms with van der Waals surface area (Å²) in [5.74, 6) is 1.07. The predicted molar refractivity (Wildman–Crippen MR) is 87.2 cm³/mol. The van der Waals surface area contributed by atoms with Crippen molar-refractivity contribution >= 4 is 5.91 Å². The van der Waals surface area contributed by atoms with Crippen LogP contribution in [0, 0.1) is 5.92 Å². The highest BCUT2D eigenvalue weighted by Crippen LogP contribution is 2.38. The number of hydrogen-bond acceptors (Lipinski definition) is 3. The predicted octanol–water partition coefficient (Wildman–Crippen LogP) is 2.52. The third kappa shape index (κ3) is 3.19. The van der Waals surface area contributed by atoms with Crippen molar-refractivity contribution in [3.05, 3.63) is 28.2 Å². The molecule has 0 spiro atoms. The lowest BCUT2D eigenvalue weighted by Crippen LogP contribution is -2.43. The first-order chi connectivity index (χ1) is 11.2. The number of aromatic nitrogens is 2. The lowest BCUT2D eigenvalue weighted by molar-refractivity contribution is -0.128. The second kappa shape index (κ2) is 6.10. The van der Waals surface area contributed by atoms with E-state index >= 15 is 0 Å². The first-order valence-corrected chi connectivity index (χ1v) is 9.11. The van der Waals surface area contributed by atoms with Crippen molar-refractivity contribution in [1.82, 2.24) is 15.1 Å². The number of rotatable bonds is 4.